The molecular formula is C19H28N4O2. The first-order valence-corrected chi connectivity index (χ1v) is 9.54. The van der Waals surface area contributed by atoms with Crippen molar-refractivity contribution in [2.75, 3.05) is 37.7 Å². The molecule has 1 aromatic rings. The highest BCUT2D eigenvalue weighted by Gasteiger charge is 2.42. The van der Waals surface area contributed by atoms with E-state index in [1.807, 2.05) is 6.07 Å². The van der Waals surface area contributed by atoms with E-state index in [9.17, 15) is 9.90 Å². The lowest BCUT2D eigenvalue weighted by molar-refractivity contribution is 0.0326. The van der Waals surface area contributed by atoms with E-state index in [1.165, 1.54) is 0 Å². The Kier molecular flexibility index (Phi) is 4.65. The van der Waals surface area contributed by atoms with Crippen LogP contribution in [0.3, 0.4) is 0 Å². The van der Waals surface area contributed by atoms with E-state index in [-0.39, 0.29) is 17.9 Å². The SMILES string of the molecule is O=C(NC1CC1)c1ccnc(N2CCC3(CCNC[C@H]3CO)CC2)c1. The summed E-state index contributed by atoms with van der Waals surface area (Å²) in [6.07, 6.45) is 7.24. The highest BCUT2D eigenvalue weighted by molar-refractivity contribution is 5.95. The minimum absolute atomic E-state index is 0.0123. The van der Waals surface area contributed by atoms with Gasteiger partial charge in [-0.25, -0.2) is 4.98 Å². The van der Waals surface area contributed by atoms with Gasteiger partial charge in [0, 0.05) is 50.0 Å². The maximum Gasteiger partial charge on any atom is 0.251 e. The number of carbonyl (C=O) groups is 1. The summed E-state index contributed by atoms with van der Waals surface area (Å²) < 4.78 is 0. The molecule has 4 rings (SSSR count). The Hall–Kier alpha value is -1.66. The quantitative estimate of drug-likeness (QED) is 0.764. The molecule has 1 aromatic heterocycles. The molecule has 0 radical (unpaired) electrons. The molecule has 3 N–H and O–H groups in total. The van der Waals surface area contributed by atoms with E-state index in [1.54, 1.807) is 12.3 Å². The molecule has 3 aliphatic rings. The number of rotatable bonds is 4. The third-order valence-corrected chi connectivity index (χ3v) is 6.28. The zero-order valence-electron chi connectivity index (χ0n) is 14.7. The van der Waals surface area contributed by atoms with Crippen molar-refractivity contribution in [1.82, 2.24) is 15.6 Å². The second-order valence-electron chi connectivity index (χ2n) is 7.83. The number of nitrogens with zero attached hydrogens (tertiary/aromatic N) is 2. The molecule has 2 aliphatic heterocycles. The monoisotopic (exact) mass is 344 g/mol. The van der Waals surface area contributed by atoms with Crippen molar-refractivity contribution in [3.05, 3.63) is 23.9 Å². The van der Waals surface area contributed by atoms with Crippen LogP contribution in [0.1, 0.15) is 42.5 Å². The fourth-order valence-corrected chi connectivity index (χ4v) is 4.36. The van der Waals surface area contributed by atoms with Crippen LogP contribution in [0, 0.1) is 11.3 Å². The molecule has 0 bridgehead atoms. The van der Waals surface area contributed by atoms with Gasteiger partial charge in [0.25, 0.3) is 5.91 Å². The molecule has 6 heteroatoms. The van der Waals surface area contributed by atoms with E-state index in [0.717, 1.165) is 64.1 Å². The molecule has 136 valence electrons. The number of piperidine rings is 2. The summed E-state index contributed by atoms with van der Waals surface area (Å²) in [6, 6.07) is 4.08. The summed E-state index contributed by atoms with van der Waals surface area (Å²) in [5.41, 5.74) is 0.963. The molecule has 3 fully saturated rings. The normalized spacial score (nSPS) is 25.8. The summed E-state index contributed by atoms with van der Waals surface area (Å²) >= 11 is 0. The Bertz CT molecular complexity index is 624. The van der Waals surface area contributed by atoms with Crippen molar-refractivity contribution in [3.63, 3.8) is 0 Å². The van der Waals surface area contributed by atoms with Gasteiger partial charge in [0.1, 0.15) is 5.82 Å². The number of carbonyl (C=O) groups excluding carboxylic acids is 1. The van der Waals surface area contributed by atoms with E-state index < -0.39 is 0 Å². The molecule has 0 aromatic carbocycles. The number of hydrogen-bond donors (Lipinski definition) is 3. The maximum absolute atomic E-state index is 12.3. The van der Waals surface area contributed by atoms with Gasteiger partial charge in [-0.3, -0.25) is 4.79 Å². The van der Waals surface area contributed by atoms with Crippen molar-refractivity contribution in [1.29, 1.82) is 0 Å². The number of amides is 1. The lowest BCUT2D eigenvalue weighted by Crippen LogP contribution is -2.52. The van der Waals surface area contributed by atoms with Crippen molar-refractivity contribution in [3.8, 4) is 0 Å². The number of aliphatic hydroxyl groups is 1. The summed E-state index contributed by atoms with van der Waals surface area (Å²) in [7, 11) is 0. The van der Waals surface area contributed by atoms with Crippen LogP contribution in [0.5, 0.6) is 0 Å². The number of hydrogen-bond acceptors (Lipinski definition) is 5. The molecule has 25 heavy (non-hydrogen) atoms. The van der Waals surface area contributed by atoms with E-state index in [0.29, 0.717) is 17.5 Å². The fraction of sp³-hybridized carbons (Fsp3) is 0.684. The second-order valence-corrected chi connectivity index (χ2v) is 7.83. The highest BCUT2D eigenvalue weighted by Crippen LogP contribution is 2.43. The number of aromatic nitrogens is 1. The summed E-state index contributed by atoms with van der Waals surface area (Å²) in [6.45, 7) is 4.12. The lowest BCUT2D eigenvalue weighted by Gasteiger charge is -2.49. The molecule has 1 atom stereocenters. The molecule has 0 unspecified atom stereocenters. The number of nitrogens with one attached hydrogen (secondary N) is 2. The van der Waals surface area contributed by atoms with Gasteiger partial charge in [-0.05, 0) is 56.2 Å². The summed E-state index contributed by atoms with van der Waals surface area (Å²) in [4.78, 5) is 19.0. The van der Waals surface area contributed by atoms with Crippen molar-refractivity contribution in [2.24, 2.45) is 11.3 Å². The van der Waals surface area contributed by atoms with Gasteiger partial charge in [0.2, 0.25) is 0 Å². The molecular weight excluding hydrogens is 316 g/mol. The molecule has 1 amide bonds. The zero-order chi connectivity index (χ0) is 17.3. The molecule has 1 spiro atoms. The van der Waals surface area contributed by atoms with Gasteiger partial charge in [-0.2, -0.15) is 0 Å². The van der Waals surface area contributed by atoms with Crippen molar-refractivity contribution in [2.45, 2.75) is 38.1 Å². The topological polar surface area (TPSA) is 77.5 Å². The Morgan fingerprint density at radius 1 is 1.36 bits per heavy atom. The Morgan fingerprint density at radius 3 is 2.88 bits per heavy atom. The standard InChI is InChI=1S/C19H28N4O2/c24-13-15-12-20-8-4-19(15)5-9-23(10-6-19)17-11-14(3-7-21-17)18(25)22-16-1-2-16/h3,7,11,15-16,20,24H,1-2,4-6,8-10,12-13H2,(H,22,25)/t15-/m0/s1. The van der Waals surface area contributed by atoms with Gasteiger partial charge in [0.15, 0.2) is 0 Å². The number of anilines is 1. The Balaban J connectivity index is 1.42. The van der Waals surface area contributed by atoms with Crippen LogP contribution in [-0.2, 0) is 0 Å². The van der Waals surface area contributed by atoms with Gasteiger partial charge in [-0.15, -0.1) is 0 Å². The van der Waals surface area contributed by atoms with Crippen LogP contribution < -0.4 is 15.5 Å². The van der Waals surface area contributed by atoms with Gasteiger partial charge < -0.3 is 20.6 Å². The van der Waals surface area contributed by atoms with E-state index in [4.69, 9.17) is 0 Å². The molecule has 2 saturated heterocycles. The van der Waals surface area contributed by atoms with Crippen molar-refractivity contribution >= 4 is 11.7 Å². The summed E-state index contributed by atoms with van der Waals surface area (Å²) in [5, 5.41) is 16.2. The second kappa shape index (κ2) is 6.92. The average molecular weight is 344 g/mol. The first-order chi connectivity index (χ1) is 12.2. The minimum atomic E-state index is 0.0123. The lowest BCUT2D eigenvalue weighted by atomic mass is 9.65. The zero-order valence-corrected chi connectivity index (χ0v) is 14.7. The predicted molar refractivity (Wildman–Crippen MR) is 96.7 cm³/mol. The van der Waals surface area contributed by atoms with Crippen LogP contribution in [0.15, 0.2) is 18.3 Å². The molecule has 1 aliphatic carbocycles. The van der Waals surface area contributed by atoms with Crippen LogP contribution in [0.4, 0.5) is 5.82 Å². The smallest absolute Gasteiger partial charge is 0.251 e. The maximum atomic E-state index is 12.3. The van der Waals surface area contributed by atoms with Crippen LogP contribution >= 0.6 is 0 Å². The van der Waals surface area contributed by atoms with E-state index in [2.05, 4.69) is 20.5 Å². The number of aliphatic hydroxyl groups excluding tert-OH is 1. The van der Waals surface area contributed by atoms with Gasteiger partial charge >= 0.3 is 0 Å². The average Bonchev–Trinajstić information content (AvgIpc) is 3.47. The highest BCUT2D eigenvalue weighted by atomic mass is 16.3. The Morgan fingerprint density at radius 2 is 2.16 bits per heavy atom. The third kappa shape index (κ3) is 3.51. The van der Waals surface area contributed by atoms with Crippen molar-refractivity contribution < 1.29 is 9.90 Å². The van der Waals surface area contributed by atoms with Gasteiger partial charge in [-0.1, -0.05) is 0 Å². The van der Waals surface area contributed by atoms with Crippen LogP contribution in [0.25, 0.3) is 0 Å². The fourth-order valence-electron chi connectivity index (χ4n) is 4.36. The van der Waals surface area contributed by atoms with Gasteiger partial charge in [0.05, 0.1) is 0 Å². The minimum Gasteiger partial charge on any atom is -0.396 e. The van der Waals surface area contributed by atoms with Crippen LogP contribution in [-0.4, -0.2) is 54.8 Å². The van der Waals surface area contributed by atoms with E-state index >= 15 is 0 Å². The van der Waals surface area contributed by atoms with Crippen LogP contribution in [0.2, 0.25) is 0 Å². The summed E-state index contributed by atoms with van der Waals surface area (Å²) in [5.74, 6) is 1.26. The molecule has 6 nitrogen and oxygen atoms in total. The first-order valence-electron chi connectivity index (χ1n) is 9.54. The molecule has 3 heterocycles. The third-order valence-electron chi connectivity index (χ3n) is 6.28. The number of pyridine rings is 1. The molecule has 1 saturated carbocycles. The largest absolute Gasteiger partial charge is 0.396 e. The predicted octanol–water partition coefficient (Wildman–Crippen LogP) is 1.16. The first kappa shape index (κ1) is 16.8. The Labute approximate surface area is 149 Å².